The van der Waals surface area contributed by atoms with E-state index in [0.717, 1.165) is 25.5 Å². The highest BCUT2D eigenvalue weighted by Crippen LogP contribution is 2.24. The number of nitrogens with one attached hydrogen (secondary N) is 1. The zero-order valence-corrected chi connectivity index (χ0v) is 10.2. The van der Waals surface area contributed by atoms with Gasteiger partial charge in [0.1, 0.15) is 0 Å². The van der Waals surface area contributed by atoms with Crippen molar-refractivity contribution in [2.24, 2.45) is 5.92 Å². The Morgan fingerprint density at radius 3 is 3.00 bits per heavy atom. The van der Waals surface area contributed by atoms with Gasteiger partial charge in [-0.25, -0.2) is 9.82 Å². The summed E-state index contributed by atoms with van der Waals surface area (Å²) in [6.45, 7) is 3.64. The van der Waals surface area contributed by atoms with Crippen LogP contribution in [0.5, 0.6) is 0 Å². The Kier molecular flexibility index (Phi) is 3.76. The molecule has 5 nitrogen and oxygen atoms in total. The number of nitrogens with zero attached hydrogens (tertiary/aromatic N) is 2. The fraction of sp³-hybridized carbons (Fsp3) is 0.500. The zero-order valence-electron chi connectivity index (χ0n) is 10.2. The highest BCUT2D eigenvalue weighted by Gasteiger charge is 2.18. The van der Waals surface area contributed by atoms with Gasteiger partial charge in [-0.1, -0.05) is 6.92 Å². The molecule has 0 amide bonds. The topological polar surface area (TPSA) is 58.4 Å². The molecule has 1 aromatic carbocycles. The third kappa shape index (κ3) is 2.76. The second kappa shape index (κ2) is 5.30. The molecular formula is C12H16FN3O2. The number of benzene rings is 1. The van der Waals surface area contributed by atoms with Gasteiger partial charge in [0.2, 0.25) is 0 Å². The molecule has 18 heavy (non-hydrogen) atoms. The van der Waals surface area contributed by atoms with Crippen LogP contribution in [0.15, 0.2) is 18.2 Å². The summed E-state index contributed by atoms with van der Waals surface area (Å²) >= 11 is 0. The second-order valence-corrected chi connectivity index (χ2v) is 4.65. The number of hydrazine groups is 1. The average molecular weight is 253 g/mol. The van der Waals surface area contributed by atoms with Crippen molar-refractivity contribution >= 4 is 11.4 Å². The Balaban J connectivity index is 2.20. The lowest BCUT2D eigenvalue weighted by Gasteiger charge is -2.23. The van der Waals surface area contributed by atoms with Crippen LogP contribution in [0.2, 0.25) is 0 Å². The van der Waals surface area contributed by atoms with Crippen LogP contribution in [0.4, 0.5) is 15.8 Å². The lowest BCUT2D eigenvalue weighted by atomic mass is 10.1. The number of nitro groups is 1. The number of non-ortho nitro benzene ring substituents is 1. The Hall–Kier alpha value is -1.69. The van der Waals surface area contributed by atoms with Crippen LogP contribution in [0.1, 0.15) is 19.8 Å². The van der Waals surface area contributed by atoms with Gasteiger partial charge in [-0.05, 0) is 24.8 Å². The van der Waals surface area contributed by atoms with Crippen molar-refractivity contribution in [1.29, 1.82) is 0 Å². The van der Waals surface area contributed by atoms with Gasteiger partial charge >= 0.3 is 0 Å². The Morgan fingerprint density at radius 2 is 2.33 bits per heavy atom. The lowest BCUT2D eigenvalue weighted by Crippen LogP contribution is -2.39. The Morgan fingerprint density at radius 1 is 1.56 bits per heavy atom. The summed E-state index contributed by atoms with van der Waals surface area (Å²) < 4.78 is 13.8. The third-order valence-electron chi connectivity index (χ3n) is 3.14. The molecule has 2 rings (SSSR count). The van der Waals surface area contributed by atoms with E-state index in [4.69, 9.17) is 0 Å². The van der Waals surface area contributed by atoms with Gasteiger partial charge in [0.15, 0.2) is 5.82 Å². The second-order valence-electron chi connectivity index (χ2n) is 4.65. The van der Waals surface area contributed by atoms with Crippen LogP contribution in [-0.4, -0.2) is 18.0 Å². The molecule has 1 aliphatic heterocycles. The SMILES string of the molecule is CC1CCCN(c2ccc([N+](=O)[O-])cc2F)NC1. The number of hydrogen-bond donors (Lipinski definition) is 1. The maximum Gasteiger partial charge on any atom is 0.272 e. The van der Waals surface area contributed by atoms with Crippen LogP contribution in [0.25, 0.3) is 0 Å². The van der Waals surface area contributed by atoms with Crippen molar-refractivity contribution in [2.75, 3.05) is 18.1 Å². The minimum Gasteiger partial charge on any atom is -0.305 e. The van der Waals surface area contributed by atoms with Crippen LogP contribution in [0, 0.1) is 21.8 Å². The van der Waals surface area contributed by atoms with Crippen molar-refractivity contribution < 1.29 is 9.31 Å². The highest BCUT2D eigenvalue weighted by atomic mass is 19.1. The fourth-order valence-corrected chi connectivity index (χ4v) is 2.08. The Labute approximate surface area is 105 Å². The van der Waals surface area contributed by atoms with E-state index in [1.165, 1.54) is 12.1 Å². The molecule has 1 aliphatic rings. The largest absolute Gasteiger partial charge is 0.305 e. The summed E-state index contributed by atoms with van der Waals surface area (Å²) in [5.74, 6) is -0.0117. The first kappa shape index (κ1) is 12.8. The van der Waals surface area contributed by atoms with Gasteiger partial charge in [-0.3, -0.25) is 10.1 Å². The maximum atomic E-state index is 13.8. The number of nitro benzene ring substituents is 1. The van der Waals surface area contributed by atoms with Crippen LogP contribution in [0.3, 0.4) is 0 Å². The molecule has 0 aliphatic carbocycles. The number of hydrogen-bond acceptors (Lipinski definition) is 4. The number of rotatable bonds is 2. The fourth-order valence-electron chi connectivity index (χ4n) is 2.08. The molecule has 0 bridgehead atoms. The Bertz CT molecular complexity index is 453. The van der Waals surface area contributed by atoms with Gasteiger partial charge in [-0.2, -0.15) is 0 Å². The van der Waals surface area contributed by atoms with Gasteiger partial charge < -0.3 is 5.01 Å². The number of anilines is 1. The van der Waals surface area contributed by atoms with E-state index in [-0.39, 0.29) is 5.69 Å². The van der Waals surface area contributed by atoms with E-state index in [0.29, 0.717) is 18.2 Å². The standard InChI is InChI=1S/C12H16FN3O2/c1-9-3-2-6-15(14-8-9)12-5-4-10(16(17)18)7-11(12)13/h4-5,7,9,14H,2-3,6,8H2,1H3. The molecule has 1 fully saturated rings. The molecule has 0 spiro atoms. The van der Waals surface area contributed by atoms with E-state index < -0.39 is 10.7 Å². The third-order valence-corrected chi connectivity index (χ3v) is 3.14. The quantitative estimate of drug-likeness (QED) is 0.649. The van der Waals surface area contributed by atoms with Gasteiger partial charge in [-0.15, -0.1) is 0 Å². The van der Waals surface area contributed by atoms with Crippen molar-refractivity contribution in [2.45, 2.75) is 19.8 Å². The molecule has 1 aromatic rings. The lowest BCUT2D eigenvalue weighted by molar-refractivity contribution is -0.385. The van der Waals surface area contributed by atoms with Crippen LogP contribution < -0.4 is 10.4 Å². The summed E-state index contributed by atoms with van der Waals surface area (Å²) in [5, 5.41) is 12.3. The van der Waals surface area contributed by atoms with E-state index in [9.17, 15) is 14.5 Å². The molecular weight excluding hydrogens is 237 g/mol. The number of halogens is 1. The molecule has 0 radical (unpaired) electrons. The summed E-state index contributed by atoms with van der Waals surface area (Å²) in [4.78, 5) is 9.96. The molecule has 6 heteroatoms. The maximum absolute atomic E-state index is 13.8. The van der Waals surface area contributed by atoms with Gasteiger partial charge in [0.05, 0.1) is 16.7 Å². The van der Waals surface area contributed by atoms with Crippen molar-refractivity contribution in [1.82, 2.24) is 5.43 Å². The predicted octanol–water partition coefficient (Wildman–Crippen LogP) is 2.47. The summed E-state index contributed by atoms with van der Waals surface area (Å²) in [6, 6.07) is 3.75. The van der Waals surface area contributed by atoms with Crippen LogP contribution >= 0.6 is 0 Å². The zero-order chi connectivity index (χ0) is 13.1. The molecule has 98 valence electrons. The van der Waals surface area contributed by atoms with E-state index >= 15 is 0 Å². The molecule has 0 saturated carbocycles. The molecule has 1 heterocycles. The van der Waals surface area contributed by atoms with Crippen molar-refractivity contribution in [3.8, 4) is 0 Å². The predicted molar refractivity (Wildman–Crippen MR) is 66.8 cm³/mol. The molecule has 1 atom stereocenters. The first-order chi connectivity index (χ1) is 8.58. The average Bonchev–Trinajstić information content (AvgIpc) is 2.54. The van der Waals surface area contributed by atoms with Crippen molar-refractivity contribution in [3.63, 3.8) is 0 Å². The first-order valence-electron chi connectivity index (χ1n) is 6.03. The molecule has 1 unspecified atom stereocenters. The van der Waals surface area contributed by atoms with E-state index in [2.05, 4.69) is 12.3 Å². The normalized spacial score (nSPS) is 20.6. The first-order valence-corrected chi connectivity index (χ1v) is 6.03. The van der Waals surface area contributed by atoms with E-state index in [1.54, 1.807) is 5.01 Å². The summed E-state index contributed by atoms with van der Waals surface area (Å²) in [5.41, 5.74) is 3.31. The molecule has 1 saturated heterocycles. The minimum atomic E-state index is -0.592. The molecule has 1 N–H and O–H groups in total. The summed E-state index contributed by atoms with van der Waals surface area (Å²) in [7, 11) is 0. The molecule has 0 aromatic heterocycles. The highest BCUT2D eigenvalue weighted by molar-refractivity contribution is 5.51. The summed E-state index contributed by atoms with van der Waals surface area (Å²) in [6.07, 6.45) is 2.07. The van der Waals surface area contributed by atoms with Crippen LogP contribution in [-0.2, 0) is 0 Å². The smallest absolute Gasteiger partial charge is 0.272 e. The van der Waals surface area contributed by atoms with E-state index in [1.807, 2.05) is 0 Å². The van der Waals surface area contributed by atoms with Crippen molar-refractivity contribution in [3.05, 3.63) is 34.1 Å². The minimum absolute atomic E-state index is 0.223. The van der Waals surface area contributed by atoms with Gasteiger partial charge in [0.25, 0.3) is 5.69 Å². The monoisotopic (exact) mass is 253 g/mol. The van der Waals surface area contributed by atoms with Gasteiger partial charge in [0, 0.05) is 19.2 Å².